The van der Waals surface area contributed by atoms with Crippen LogP contribution in [0.25, 0.3) is 21.9 Å². The first kappa shape index (κ1) is 24.7. The summed E-state index contributed by atoms with van der Waals surface area (Å²) in [6.45, 7) is 6.56. The van der Waals surface area contributed by atoms with Gasteiger partial charge in [-0.1, -0.05) is 13.0 Å². The van der Waals surface area contributed by atoms with Crippen molar-refractivity contribution in [2.45, 2.75) is 40.3 Å². The fourth-order valence-electron chi connectivity index (χ4n) is 4.39. The van der Waals surface area contributed by atoms with E-state index < -0.39 is 11.6 Å². The van der Waals surface area contributed by atoms with Gasteiger partial charge in [0, 0.05) is 30.5 Å². The van der Waals surface area contributed by atoms with Gasteiger partial charge in [-0.2, -0.15) is 0 Å². The van der Waals surface area contributed by atoms with E-state index in [1.54, 1.807) is 24.0 Å². The molecule has 37 heavy (non-hydrogen) atoms. The first-order valence-electron chi connectivity index (χ1n) is 11.7. The second-order valence-corrected chi connectivity index (χ2v) is 9.80. The van der Waals surface area contributed by atoms with Gasteiger partial charge in [0.1, 0.15) is 0 Å². The van der Waals surface area contributed by atoms with Crippen molar-refractivity contribution >= 4 is 23.2 Å². The molecule has 5 rings (SSSR count). The molecule has 1 aliphatic rings. The molecular weight excluding hydrogens is 500 g/mol. The molecule has 0 fully saturated rings. The van der Waals surface area contributed by atoms with Gasteiger partial charge < -0.3 is 14.6 Å². The van der Waals surface area contributed by atoms with Crippen LogP contribution in [-0.4, -0.2) is 38.4 Å². The van der Waals surface area contributed by atoms with E-state index in [0.29, 0.717) is 62.4 Å². The number of amides is 2. The number of pyridine rings is 1. The van der Waals surface area contributed by atoms with Crippen molar-refractivity contribution in [2.24, 2.45) is 0 Å². The normalized spacial score (nSPS) is 12.8. The smallest absolute Gasteiger partial charge is 0.261 e. The molecule has 3 aromatic heterocycles. The number of hydrogen-bond acceptors (Lipinski definition) is 7. The van der Waals surface area contributed by atoms with Gasteiger partial charge in [-0.25, -0.2) is 8.78 Å². The van der Waals surface area contributed by atoms with Crippen LogP contribution in [0.4, 0.5) is 8.78 Å². The predicted octanol–water partition coefficient (Wildman–Crippen LogP) is 5.05. The minimum atomic E-state index is -0.974. The van der Waals surface area contributed by atoms with Crippen LogP contribution < -0.4 is 5.32 Å². The number of fused-ring (bicyclic) bond motifs is 1. The fourth-order valence-corrected chi connectivity index (χ4v) is 5.37. The molecule has 0 saturated heterocycles. The Hall–Kier alpha value is -3.99. The zero-order valence-corrected chi connectivity index (χ0v) is 21.2. The third kappa shape index (κ3) is 4.62. The molecule has 0 bridgehead atoms. The Labute approximate surface area is 215 Å². The summed E-state index contributed by atoms with van der Waals surface area (Å²) in [4.78, 5) is 33.8. The molecule has 0 atom stereocenters. The summed E-state index contributed by atoms with van der Waals surface area (Å²) in [6.07, 6.45) is 0.811. The van der Waals surface area contributed by atoms with Crippen LogP contribution in [-0.2, 0) is 13.1 Å². The predicted molar refractivity (Wildman–Crippen MR) is 133 cm³/mol. The summed E-state index contributed by atoms with van der Waals surface area (Å²) in [5.74, 6) is -1.80. The van der Waals surface area contributed by atoms with Crippen molar-refractivity contribution in [2.75, 3.05) is 6.54 Å². The number of aromatic nitrogens is 3. The van der Waals surface area contributed by atoms with Gasteiger partial charge in [-0.05, 0) is 43.2 Å². The molecule has 11 heteroatoms. The SMILES string of the molecule is CCCN1Cc2nc(C)c(-c3nnc(C)o3)c(-c3ccc(C(=O)NCc4ccc(F)c(F)c4)s3)c2C1=O. The number of rotatable bonds is 7. The number of aryl methyl sites for hydroxylation is 2. The summed E-state index contributed by atoms with van der Waals surface area (Å²) in [7, 11) is 0. The molecule has 190 valence electrons. The first-order chi connectivity index (χ1) is 17.8. The second-order valence-electron chi connectivity index (χ2n) is 8.72. The number of carbonyl (C=O) groups is 2. The highest BCUT2D eigenvalue weighted by Gasteiger charge is 2.35. The lowest BCUT2D eigenvalue weighted by molar-refractivity contribution is 0.0778. The van der Waals surface area contributed by atoms with Crippen molar-refractivity contribution in [3.63, 3.8) is 0 Å². The van der Waals surface area contributed by atoms with Crippen LogP contribution in [0.5, 0.6) is 0 Å². The fraction of sp³-hybridized carbons (Fsp3) is 0.269. The highest BCUT2D eigenvalue weighted by atomic mass is 32.1. The Morgan fingerprint density at radius 2 is 1.92 bits per heavy atom. The molecule has 0 unspecified atom stereocenters. The Kier molecular flexibility index (Phi) is 6.55. The first-order valence-corrected chi connectivity index (χ1v) is 12.5. The molecule has 0 aliphatic carbocycles. The standard InChI is InChI=1S/C26H23F2N5O3S/c1-4-9-33-12-18-22(26(33)35)23(21(13(2)30-18)25-32-31-14(3)36-25)19-7-8-20(37-19)24(34)29-11-15-5-6-16(27)17(28)10-15/h5-8,10H,4,9,11-12H2,1-3H3,(H,29,34). The lowest BCUT2D eigenvalue weighted by Gasteiger charge is -2.14. The maximum atomic E-state index is 13.5. The molecule has 0 radical (unpaired) electrons. The van der Waals surface area contributed by atoms with Crippen LogP contribution in [0.2, 0.25) is 0 Å². The van der Waals surface area contributed by atoms with Crippen molar-refractivity contribution in [1.82, 2.24) is 25.4 Å². The van der Waals surface area contributed by atoms with Crippen molar-refractivity contribution in [1.29, 1.82) is 0 Å². The van der Waals surface area contributed by atoms with Crippen molar-refractivity contribution < 1.29 is 22.8 Å². The number of nitrogens with zero attached hydrogens (tertiary/aromatic N) is 4. The number of carbonyl (C=O) groups excluding carboxylic acids is 2. The summed E-state index contributed by atoms with van der Waals surface area (Å²) in [5, 5.41) is 10.8. The third-order valence-corrected chi connectivity index (χ3v) is 7.14. The lowest BCUT2D eigenvalue weighted by atomic mass is 9.97. The number of hydrogen-bond donors (Lipinski definition) is 1. The van der Waals surface area contributed by atoms with Crippen LogP contribution in [0, 0.1) is 25.5 Å². The largest absolute Gasteiger partial charge is 0.421 e. The monoisotopic (exact) mass is 523 g/mol. The van der Waals surface area contributed by atoms with Gasteiger partial charge in [0.15, 0.2) is 11.6 Å². The molecule has 2 amide bonds. The van der Waals surface area contributed by atoms with Gasteiger partial charge >= 0.3 is 0 Å². The lowest BCUT2D eigenvalue weighted by Crippen LogP contribution is -2.24. The highest BCUT2D eigenvalue weighted by molar-refractivity contribution is 7.17. The van der Waals surface area contributed by atoms with E-state index in [4.69, 9.17) is 9.40 Å². The Bertz CT molecular complexity index is 1530. The molecule has 0 spiro atoms. The van der Waals surface area contributed by atoms with E-state index >= 15 is 0 Å². The third-order valence-electron chi connectivity index (χ3n) is 6.04. The van der Waals surface area contributed by atoms with Crippen molar-refractivity contribution in [3.05, 3.63) is 75.2 Å². The summed E-state index contributed by atoms with van der Waals surface area (Å²) in [5.41, 5.74) is 3.38. The minimum absolute atomic E-state index is 0.0318. The molecule has 0 saturated carbocycles. The quantitative estimate of drug-likeness (QED) is 0.364. The molecule has 4 aromatic rings. The van der Waals surface area contributed by atoms with Crippen LogP contribution in [0.3, 0.4) is 0 Å². The van der Waals surface area contributed by atoms with Crippen LogP contribution >= 0.6 is 11.3 Å². The summed E-state index contributed by atoms with van der Waals surface area (Å²) < 4.78 is 32.4. The van der Waals surface area contributed by atoms with Crippen LogP contribution in [0.15, 0.2) is 34.7 Å². The van der Waals surface area contributed by atoms with E-state index in [2.05, 4.69) is 15.5 Å². The average Bonchev–Trinajstić information content (AvgIpc) is 3.59. The number of nitrogens with one attached hydrogen (secondary N) is 1. The molecule has 1 N–H and O–H groups in total. The number of benzene rings is 1. The van der Waals surface area contributed by atoms with E-state index in [0.717, 1.165) is 18.6 Å². The molecule has 1 aliphatic heterocycles. The van der Waals surface area contributed by atoms with Crippen LogP contribution in [0.1, 0.15) is 56.2 Å². The molecule has 4 heterocycles. The van der Waals surface area contributed by atoms with E-state index in [1.807, 2.05) is 13.8 Å². The average molecular weight is 524 g/mol. The van der Waals surface area contributed by atoms with Crippen molar-refractivity contribution in [3.8, 4) is 21.9 Å². The summed E-state index contributed by atoms with van der Waals surface area (Å²) in [6, 6.07) is 6.91. The number of halogens is 2. The number of thiophene rings is 1. The summed E-state index contributed by atoms with van der Waals surface area (Å²) >= 11 is 1.21. The zero-order valence-electron chi connectivity index (χ0n) is 20.4. The maximum absolute atomic E-state index is 13.5. The maximum Gasteiger partial charge on any atom is 0.261 e. The van der Waals surface area contributed by atoms with Gasteiger partial charge in [-0.3, -0.25) is 14.6 Å². The molecule has 8 nitrogen and oxygen atoms in total. The highest BCUT2D eigenvalue weighted by Crippen LogP contribution is 2.43. The Morgan fingerprint density at radius 3 is 2.62 bits per heavy atom. The van der Waals surface area contributed by atoms with E-state index in [9.17, 15) is 18.4 Å². The second kappa shape index (κ2) is 9.81. The van der Waals surface area contributed by atoms with Gasteiger partial charge in [0.05, 0.1) is 33.9 Å². The van der Waals surface area contributed by atoms with E-state index in [-0.39, 0.29) is 24.2 Å². The Morgan fingerprint density at radius 1 is 1.11 bits per heavy atom. The molecule has 1 aromatic carbocycles. The van der Waals surface area contributed by atoms with Gasteiger partial charge in [0.25, 0.3) is 11.8 Å². The van der Waals surface area contributed by atoms with Gasteiger partial charge in [-0.15, -0.1) is 21.5 Å². The minimum Gasteiger partial charge on any atom is -0.421 e. The Balaban J connectivity index is 1.52. The van der Waals surface area contributed by atoms with Gasteiger partial charge in [0.2, 0.25) is 11.8 Å². The topological polar surface area (TPSA) is 101 Å². The molecular formula is C26H23F2N5O3S. The van der Waals surface area contributed by atoms with E-state index in [1.165, 1.54) is 17.4 Å². The zero-order chi connectivity index (χ0) is 26.3.